The van der Waals surface area contributed by atoms with E-state index in [9.17, 15) is 0 Å². The average molecular weight is 825 g/mol. The molecular weight excluding hydrogens is 769 g/mol. The minimum absolute atomic E-state index is 1.22. The molecule has 0 spiro atoms. The van der Waals surface area contributed by atoms with Crippen LogP contribution in [0, 0.1) is 0 Å². The van der Waals surface area contributed by atoms with Crippen LogP contribution in [0.4, 0.5) is 0 Å². The highest BCUT2D eigenvalue weighted by molar-refractivity contribution is 5.60. The molecule has 0 saturated heterocycles. The highest BCUT2D eigenvalue weighted by Gasteiger charge is 1.86. The zero-order valence-electron chi connectivity index (χ0n) is 36.3. The molecule has 8 rings (SSSR count). The highest BCUT2D eigenvalue weighted by atomic mass is 13.9. The van der Waals surface area contributed by atoms with Crippen molar-refractivity contribution in [1.29, 1.82) is 0 Å². The molecule has 312 valence electrons. The lowest BCUT2D eigenvalue weighted by Crippen LogP contribution is -1.68. The first-order chi connectivity index (χ1) is 31.8. The zero-order chi connectivity index (χ0) is 44.2. The molecule has 8 aromatic carbocycles. The molecule has 0 heterocycles. The standard InChI is InChI=1S/4C16H14/c4*1-3-9-15(10-4-1)13-7-8-14-16-11-5-2-6-12-16/h4*1-14H/b4*13-7-,14-8-. The van der Waals surface area contributed by atoms with Gasteiger partial charge < -0.3 is 0 Å². The average Bonchev–Trinajstić information content (AvgIpc) is 3.38. The summed E-state index contributed by atoms with van der Waals surface area (Å²) in [6.45, 7) is 0. The quantitative estimate of drug-likeness (QED) is 0.108. The van der Waals surface area contributed by atoms with Gasteiger partial charge in [0, 0.05) is 0 Å². The summed E-state index contributed by atoms with van der Waals surface area (Å²) in [5.41, 5.74) is 9.78. The Labute approximate surface area is 382 Å². The lowest BCUT2D eigenvalue weighted by molar-refractivity contribution is 1.65. The van der Waals surface area contributed by atoms with Crippen LogP contribution in [-0.4, -0.2) is 0 Å². The molecule has 0 fully saturated rings. The van der Waals surface area contributed by atoms with Crippen LogP contribution < -0.4 is 0 Å². The monoisotopic (exact) mass is 824 g/mol. The fourth-order valence-corrected chi connectivity index (χ4v) is 5.85. The first kappa shape index (κ1) is 46.7. The molecule has 0 atom stereocenters. The van der Waals surface area contributed by atoms with Crippen molar-refractivity contribution >= 4 is 48.6 Å². The van der Waals surface area contributed by atoms with Gasteiger partial charge in [0.05, 0.1) is 0 Å². The maximum absolute atomic E-state index is 2.10. The van der Waals surface area contributed by atoms with Crippen molar-refractivity contribution in [3.05, 3.63) is 336 Å². The van der Waals surface area contributed by atoms with Crippen molar-refractivity contribution in [1.82, 2.24) is 0 Å². The summed E-state index contributed by atoms with van der Waals surface area (Å²) >= 11 is 0. The van der Waals surface area contributed by atoms with Gasteiger partial charge in [-0.25, -0.2) is 0 Å². The molecule has 0 unspecified atom stereocenters. The van der Waals surface area contributed by atoms with Gasteiger partial charge in [0.15, 0.2) is 0 Å². The van der Waals surface area contributed by atoms with Crippen molar-refractivity contribution in [3.63, 3.8) is 0 Å². The molecule has 0 aliphatic heterocycles. The Morgan fingerprint density at radius 3 is 0.312 bits per heavy atom. The Hall–Kier alpha value is -8.32. The van der Waals surface area contributed by atoms with Crippen molar-refractivity contribution in [2.75, 3.05) is 0 Å². The van der Waals surface area contributed by atoms with Crippen molar-refractivity contribution < 1.29 is 0 Å². The van der Waals surface area contributed by atoms with Crippen molar-refractivity contribution in [3.8, 4) is 0 Å². The van der Waals surface area contributed by atoms with E-state index in [2.05, 4.69) is 194 Å². The molecule has 0 N–H and O–H groups in total. The minimum Gasteiger partial charge on any atom is -0.0622 e. The van der Waals surface area contributed by atoms with Gasteiger partial charge in [0.2, 0.25) is 0 Å². The van der Waals surface area contributed by atoms with E-state index in [1.54, 1.807) is 0 Å². The van der Waals surface area contributed by atoms with Crippen LogP contribution >= 0.6 is 0 Å². The van der Waals surface area contributed by atoms with Crippen LogP contribution in [0.2, 0.25) is 0 Å². The van der Waals surface area contributed by atoms with Crippen molar-refractivity contribution in [2.24, 2.45) is 0 Å². The molecule has 0 nitrogen and oxygen atoms in total. The van der Waals surface area contributed by atoms with E-state index in [0.29, 0.717) is 0 Å². The fourth-order valence-electron chi connectivity index (χ4n) is 5.85. The molecule has 0 saturated carbocycles. The van der Waals surface area contributed by atoms with E-state index >= 15 is 0 Å². The lowest BCUT2D eigenvalue weighted by Gasteiger charge is -1.90. The second-order valence-electron chi connectivity index (χ2n) is 14.2. The summed E-state index contributed by atoms with van der Waals surface area (Å²) in [4.78, 5) is 0. The second-order valence-corrected chi connectivity index (χ2v) is 14.2. The molecule has 0 radical (unpaired) electrons. The molecule has 0 aliphatic rings. The van der Waals surface area contributed by atoms with E-state index in [4.69, 9.17) is 0 Å². The van der Waals surface area contributed by atoms with Gasteiger partial charge in [-0.05, 0) is 44.5 Å². The van der Waals surface area contributed by atoms with Crippen LogP contribution in [0.25, 0.3) is 48.6 Å². The first-order valence-electron chi connectivity index (χ1n) is 21.6. The van der Waals surface area contributed by atoms with E-state index in [1.807, 2.05) is 146 Å². The molecule has 0 aliphatic carbocycles. The Balaban J connectivity index is 0.000000161. The van der Waals surface area contributed by atoms with Gasteiger partial charge in [-0.1, -0.05) is 340 Å². The molecule has 0 heteroatoms. The normalized spacial score (nSPS) is 11.2. The first-order valence-corrected chi connectivity index (χ1v) is 21.6. The van der Waals surface area contributed by atoms with Crippen LogP contribution in [0.15, 0.2) is 291 Å². The van der Waals surface area contributed by atoms with Gasteiger partial charge in [0.1, 0.15) is 0 Å². The van der Waals surface area contributed by atoms with Gasteiger partial charge in [-0.15, -0.1) is 0 Å². The third kappa shape index (κ3) is 21.3. The summed E-state index contributed by atoms with van der Waals surface area (Å²) in [6, 6.07) is 82.3. The van der Waals surface area contributed by atoms with Crippen LogP contribution in [0.1, 0.15) is 44.5 Å². The van der Waals surface area contributed by atoms with Gasteiger partial charge in [-0.2, -0.15) is 0 Å². The molecule has 0 amide bonds. The molecule has 0 aromatic heterocycles. The maximum atomic E-state index is 2.10. The summed E-state index contributed by atoms with van der Waals surface area (Å²) in [5.74, 6) is 0. The zero-order valence-corrected chi connectivity index (χ0v) is 36.3. The predicted molar refractivity (Wildman–Crippen MR) is 284 cm³/mol. The van der Waals surface area contributed by atoms with E-state index in [-0.39, 0.29) is 0 Å². The Kier molecular flexibility index (Phi) is 22.4. The summed E-state index contributed by atoms with van der Waals surface area (Å²) in [7, 11) is 0. The number of allylic oxidation sites excluding steroid dienone is 8. The fraction of sp³-hybridized carbons (Fsp3) is 0. The lowest BCUT2D eigenvalue weighted by atomic mass is 10.2. The number of benzene rings is 8. The minimum atomic E-state index is 1.22. The van der Waals surface area contributed by atoms with E-state index in [0.717, 1.165) is 0 Å². The smallest absolute Gasteiger partial charge is 0.0257 e. The topological polar surface area (TPSA) is 0 Å². The Bertz CT molecular complexity index is 2050. The maximum Gasteiger partial charge on any atom is -0.0257 e. The van der Waals surface area contributed by atoms with Crippen molar-refractivity contribution in [2.45, 2.75) is 0 Å². The Morgan fingerprint density at radius 1 is 0.125 bits per heavy atom. The van der Waals surface area contributed by atoms with Crippen LogP contribution in [-0.2, 0) is 0 Å². The van der Waals surface area contributed by atoms with Gasteiger partial charge >= 0.3 is 0 Å². The molecule has 0 bridgehead atoms. The SMILES string of the molecule is C(/C=C\c1ccccc1)=C/c1ccccc1.C(/C=C\c1ccccc1)=C/c1ccccc1.C(/C=C\c1ccccc1)=C/c1ccccc1.C(/C=C\c1ccccc1)=C/c1ccccc1. The van der Waals surface area contributed by atoms with Crippen LogP contribution in [0.3, 0.4) is 0 Å². The molecule has 64 heavy (non-hydrogen) atoms. The largest absolute Gasteiger partial charge is 0.0622 e. The van der Waals surface area contributed by atoms with Gasteiger partial charge in [-0.3, -0.25) is 0 Å². The third-order valence-corrected chi connectivity index (χ3v) is 9.15. The third-order valence-electron chi connectivity index (χ3n) is 9.15. The highest BCUT2D eigenvalue weighted by Crippen LogP contribution is 2.08. The summed E-state index contributed by atoms with van der Waals surface area (Å²) in [5, 5.41) is 0. The number of rotatable bonds is 12. The van der Waals surface area contributed by atoms with Gasteiger partial charge in [0.25, 0.3) is 0 Å². The molecular formula is C64H56. The predicted octanol–water partition coefficient (Wildman–Crippen LogP) is 17.7. The number of hydrogen-bond donors (Lipinski definition) is 0. The number of hydrogen-bond acceptors (Lipinski definition) is 0. The van der Waals surface area contributed by atoms with E-state index in [1.165, 1.54) is 44.5 Å². The summed E-state index contributed by atoms with van der Waals surface area (Å²) in [6.07, 6.45) is 33.2. The Morgan fingerprint density at radius 2 is 0.219 bits per heavy atom. The summed E-state index contributed by atoms with van der Waals surface area (Å²) < 4.78 is 0. The van der Waals surface area contributed by atoms with Crippen LogP contribution in [0.5, 0.6) is 0 Å². The molecule has 8 aromatic rings. The second kappa shape index (κ2) is 30.7. The van der Waals surface area contributed by atoms with E-state index < -0.39 is 0 Å².